The zero-order chi connectivity index (χ0) is 20.9. The molecule has 1 N–H and O–H groups in total. The van der Waals surface area contributed by atoms with Crippen molar-refractivity contribution in [3.8, 4) is 11.5 Å². The molecule has 0 aliphatic rings. The second-order valence-electron chi connectivity index (χ2n) is 7.13. The summed E-state index contributed by atoms with van der Waals surface area (Å²) in [6, 6.07) is 5.82. The number of nitrogens with zero attached hydrogens (tertiary/aromatic N) is 3. The van der Waals surface area contributed by atoms with Crippen molar-refractivity contribution in [3.63, 3.8) is 0 Å². The number of unbranched alkanes of at least 4 members (excludes halogenated alkanes) is 6. The number of hydrogen-bond acceptors (Lipinski definition) is 5. The maximum atomic E-state index is 5.92. The van der Waals surface area contributed by atoms with Crippen molar-refractivity contribution in [1.29, 1.82) is 0 Å². The number of aromatic nitrogens is 3. The van der Waals surface area contributed by atoms with Gasteiger partial charge >= 0.3 is 0 Å². The van der Waals surface area contributed by atoms with Gasteiger partial charge in [0.15, 0.2) is 17.3 Å². The van der Waals surface area contributed by atoms with Crippen molar-refractivity contribution < 1.29 is 9.47 Å². The normalized spacial score (nSPS) is 11.3. The molecule has 0 amide bonds. The Bertz CT molecular complexity index is 813. The molecule has 29 heavy (non-hydrogen) atoms. The monoisotopic (exact) mass is 418 g/mol. The van der Waals surface area contributed by atoms with Gasteiger partial charge in [0.1, 0.15) is 0 Å². The van der Waals surface area contributed by atoms with E-state index in [0.29, 0.717) is 17.1 Å². The van der Waals surface area contributed by atoms with Gasteiger partial charge in [-0.3, -0.25) is 5.10 Å². The molecule has 0 unspecified atom stereocenters. The Morgan fingerprint density at radius 1 is 1.07 bits per heavy atom. The highest BCUT2D eigenvalue weighted by atomic mass is 32.1. The van der Waals surface area contributed by atoms with E-state index in [4.69, 9.17) is 21.7 Å². The number of rotatable bonds is 14. The van der Waals surface area contributed by atoms with Crippen molar-refractivity contribution in [1.82, 2.24) is 14.9 Å². The predicted octanol–water partition coefficient (Wildman–Crippen LogP) is 5.91. The molecule has 0 spiro atoms. The highest BCUT2D eigenvalue weighted by molar-refractivity contribution is 7.71. The van der Waals surface area contributed by atoms with Gasteiger partial charge in [0.05, 0.1) is 19.9 Å². The SMILES string of the molecule is CCCCCCCCCOc1ccc(/C=N\n2c(CCC)n[nH]c2=S)cc1OC. The van der Waals surface area contributed by atoms with E-state index >= 15 is 0 Å². The van der Waals surface area contributed by atoms with Crippen LogP contribution in [-0.2, 0) is 6.42 Å². The lowest BCUT2D eigenvalue weighted by molar-refractivity contribution is 0.284. The summed E-state index contributed by atoms with van der Waals surface area (Å²) < 4.78 is 13.6. The molecule has 0 saturated heterocycles. The van der Waals surface area contributed by atoms with E-state index in [1.807, 2.05) is 18.2 Å². The molecular formula is C22H34N4O2S. The van der Waals surface area contributed by atoms with E-state index in [1.165, 1.54) is 38.5 Å². The van der Waals surface area contributed by atoms with Crippen molar-refractivity contribution in [2.45, 2.75) is 71.6 Å². The number of methoxy groups -OCH3 is 1. The van der Waals surface area contributed by atoms with Gasteiger partial charge in [-0.05, 0) is 48.8 Å². The zero-order valence-electron chi connectivity index (χ0n) is 17.9. The van der Waals surface area contributed by atoms with E-state index in [9.17, 15) is 0 Å². The highest BCUT2D eigenvalue weighted by Crippen LogP contribution is 2.28. The molecule has 0 atom stereocenters. The number of aromatic amines is 1. The van der Waals surface area contributed by atoms with Crippen LogP contribution in [0, 0.1) is 4.77 Å². The van der Waals surface area contributed by atoms with Crippen LogP contribution in [0.25, 0.3) is 0 Å². The van der Waals surface area contributed by atoms with Crippen LogP contribution >= 0.6 is 12.2 Å². The van der Waals surface area contributed by atoms with Crippen molar-refractivity contribution in [2.24, 2.45) is 5.10 Å². The molecule has 7 heteroatoms. The Kier molecular flexibility index (Phi) is 10.5. The van der Waals surface area contributed by atoms with Crippen molar-refractivity contribution in [2.75, 3.05) is 13.7 Å². The lowest BCUT2D eigenvalue weighted by Gasteiger charge is -2.11. The third kappa shape index (κ3) is 7.65. The first-order chi connectivity index (χ1) is 14.2. The highest BCUT2D eigenvalue weighted by Gasteiger charge is 2.06. The first-order valence-electron chi connectivity index (χ1n) is 10.7. The summed E-state index contributed by atoms with van der Waals surface area (Å²) in [7, 11) is 1.66. The standard InChI is InChI=1S/C22H34N4O2S/c1-4-6-7-8-9-10-11-15-28-19-14-13-18(16-20(19)27-3)17-23-26-21(12-5-2)24-25-22(26)29/h13-14,16-17H,4-12,15H2,1-3H3,(H,25,29)/b23-17-. The minimum atomic E-state index is 0.492. The Balaban J connectivity index is 1.90. The van der Waals surface area contributed by atoms with Gasteiger partial charge in [-0.25, -0.2) is 0 Å². The first kappa shape index (κ1) is 23.1. The van der Waals surface area contributed by atoms with E-state index in [2.05, 4.69) is 29.1 Å². The Morgan fingerprint density at radius 2 is 1.83 bits per heavy atom. The third-order valence-corrected chi connectivity index (χ3v) is 4.97. The van der Waals surface area contributed by atoms with Gasteiger partial charge in [0, 0.05) is 6.42 Å². The molecule has 2 aromatic rings. The summed E-state index contributed by atoms with van der Waals surface area (Å²) in [5, 5.41) is 11.5. The molecule has 0 saturated carbocycles. The molecule has 1 heterocycles. The Hall–Kier alpha value is -2.15. The molecule has 160 valence electrons. The van der Waals surface area contributed by atoms with Gasteiger partial charge in [-0.15, -0.1) is 0 Å². The van der Waals surface area contributed by atoms with Crippen LogP contribution in [0.15, 0.2) is 23.3 Å². The maximum absolute atomic E-state index is 5.92. The summed E-state index contributed by atoms with van der Waals surface area (Å²) in [5.41, 5.74) is 0.913. The van der Waals surface area contributed by atoms with Crippen LogP contribution in [-0.4, -0.2) is 34.8 Å². The summed E-state index contributed by atoms with van der Waals surface area (Å²) in [4.78, 5) is 0. The Labute approximate surface area is 179 Å². The first-order valence-corrected chi connectivity index (χ1v) is 11.1. The average Bonchev–Trinajstić information content (AvgIpc) is 3.08. The van der Waals surface area contributed by atoms with Gasteiger partial charge in [0.25, 0.3) is 0 Å². The Morgan fingerprint density at radius 3 is 2.55 bits per heavy atom. The second-order valence-corrected chi connectivity index (χ2v) is 7.52. The van der Waals surface area contributed by atoms with Crippen LogP contribution in [0.1, 0.15) is 76.6 Å². The van der Waals surface area contributed by atoms with Crippen LogP contribution in [0.2, 0.25) is 0 Å². The molecule has 1 aromatic heterocycles. The number of aryl methyl sites for hydroxylation is 1. The summed E-state index contributed by atoms with van der Waals surface area (Å²) >= 11 is 5.26. The molecule has 0 aliphatic carbocycles. The molecule has 0 radical (unpaired) electrons. The molecule has 6 nitrogen and oxygen atoms in total. The minimum Gasteiger partial charge on any atom is -0.493 e. The molecule has 1 aromatic carbocycles. The molecule has 0 bridgehead atoms. The lowest BCUT2D eigenvalue weighted by atomic mass is 10.1. The van der Waals surface area contributed by atoms with Crippen LogP contribution < -0.4 is 9.47 Å². The fourth-order valence-electron chi connectivity index (χ4n) is 3.08. The fraction of sp³-hybridized carbons (Fsp3) is 0.591. The number of nitrogens with one attached hydrogen (secondary N) is 1. The zero-order valence-corrected chi connectivity index (χ0v) is 18.8. The molecular weight excluding hydrogens is 384 g/mol. The number of H-pyrrole nitrogens is 1. The van der Waals surface area contributed by atoms with Gasteiger partial charge in [0.2, 0.25) is 4.77 Å². The van der Waals surface area contributed by atoms with Gasteiger partial charge < -0.3 is 9.47 Å². The maximum Gasteiger partial charge on any atom is 0.216 e. The topological polar surface area (TPSA) is 64.4 Å². The van der Waals surface area contributed by atoms with E-state index < -0.39 is 0 Å². The van der Waals surface area contributed by atoms with E-state index in [-0.39, 0.29) is 0 Å². The number of ether oxygens (including phenoxy) is 2. The van der Waals surface area contributed by atoms with E-state index in [1.54, 1.807) is 18.0 Å². The molecule has 2 rings (SSSR count). The third-order valence-electron chi connectivity index (χ3n) is 4.71. The average molecular weight is 419 g/mol. The van der Waals surface area contributed by atoms with Gasteiger partial charge in [-0.1, -0.05) is 52.4 Å². The summed E-state index contributed by atoms with van der Waals surface area (Å²) in [6.45, 7) is 5.05. The van der Waals surface area contributed by atoms with E-state index in [0.717, 1.165) is 36.4 Å². The molecule has 0 aliphatic heterocycles. The lowest BCUT2D eigenvalue weighted by Crippen LogP contribution is -2.01. The largest absolute Gasteiger partial charge is 0.493 e. The second kappa shape index (κ2) is 13.1. The van der Waals surface area contributed by atoms with Crippen LogP contribution in [0.4, 0.5) is 0 Å². The predicted molar refractivity (Wildman–Crippen MR) is 121 cm³/mol. The smallest absolute Gasteiger partial charge is 0.216 e. The minimum absolute atomic E-state index is 0.492. The quantitative estimate of drug-likeness (QED) is 0.235. The summed E-state index contributed by atoms with van der Waals surface area (Å²) in [5.74, 6) is 2.30. The van der Waals surface area contributed by atoms with Crippen molar-refractivity contribution in [3.05, 3.63) is 34.4 Å². The fourth-order valence-corrected chi connectivity index (χ4v) is 3.28. The summed E-state index contributed by atoms with van der Waals surface area (Å²) in [6.07, 6.45) is 12.4. The number of hydrogen-bond donors (Lipinski definition) is 1. The number of benzene rings is 1. The van der Waals surface area contributed by atoms with Crippen LogP contribution in [0.3, 0.4) is 0 Å². The van der Waals surface area contributed by atoms with Gasteiger partial charge in [-0.2, -0.15) is 14.9 Å². The van der Waals surface area contributed by atoms with Crippen LogP contribution in [0.5, 0.6) is 11.5 Å². The molecule has 0 fully saturated rings. The van der Waals surface area contributed by atoms with Crippen molar-refractivity contribution >= 4 is 18.4 Å².